The number of aromatic nitrogens is 3. The average molecular weight is 419 g/mol. The first kappa shape index (κ1) is 21.5. The highest BCUT2D eigenvalue weighted by atomic mass is 32.2. The summed E-state index contributed by atoms with van der Waals surface area (Å²) >= 11 is 1.48. The Bertz CT molecular complexity index is 846. The second-order valence-corrected chi connectivity index (χ2v) is 8.84. The molecule has 0 spiro atoms. The minimum absolute atomic E-state index is 0.0702. The molecule has 29 heavy (non-hydrogen) atoms. The van der Waals surface area contributed by atoms with E-state index in [9.17, 15) is 4.79 Å². The normalized spacial score (nSPS) is 15.8. The van der Waals surface area contributed by atoms with Gasteiger partial charge in [0.1, 0.15) is 0 Å². The molecule has 7 nitrogen and oxygen atoms in total. The van der Waals surface area contributed by atoms with E-state index in [2.05, 4.69) is 14.8 Å². The highest BCUT2D eigenvalue weighted by Gasteiger charge is 2.27. The summed E-state index contributed by atoms with van der Waals surface area (Å²) in [5.41, 5.74) is 0.930. The van der Waals surface area contributed by atoms with Gasteiger partial charge < -0.3 is 14.4 Å². The number of hydrogen-bond acceptors (Lipinski definition) is 6. The van der Waals surface area contributed by atoms with E-state index in [4.69, 9.17) is 9.47 Å². The number of carbonyl (C=O) groups excluding carboxylic acids is 1. The lowest BCUT2D eigenvalue weighted by Crippen LogP contribution is -2.30. The van der Waals surface area contributed by atoms with Gasteiger partial charge in [-0.1, -0.05) is 31.0 Å². The van der Waals surface area contributed by atoms with E-state index in [0.717, 1.165) is 29.4 Å². The molecule has 1 heterocycles. The zero-order chi connectivity index (χ0) is 21.0. The Hall–Kier alpha value is -2.22. The van der Waals surface area contributed by atoms with Crippen LogP contribution >= 0.6 is 11.8 Å². The zero-order valence-corrected chi connectivity index (χ0v) is 18.7. The number of methoxy groups -OCH3 is 2. The lowest BCUT2D eigenvalue weighted by molar-refractivity contribution is -0.127. The van der Waals surface area contributed by atoms with Gasteiger partial charge in [0, 0.05) is 25.7 Å². The Balaban J connectivity index is 2.01. The minimum atomic E-state index is -0.227. The summed E-state index contributed by atoms with van der Waals surface area (Å²) in [6, 6.07) is 6.14. The molecule has 0 radical (unpaired) electrons. The Morgan fingerprint density at radius 3 is 2.45 bits per heavy atom. The molecule has 1 aliphatic carbocycles. The molecule has 1 amide bonds. The van der Waals surface area contributed by atoms with Crippen LogP contribution in [0.5, 0.6) is 11.5 Å². The lowest BCUT2D eigenvalue weighted by atomic mass is 9.95. The van der Waals surface area contributed by atoms with Crippen LogP contribution in [-0.2, 0) is 4.79 Å². The third-order valence-electron chi connectivity index (χ3n) is 5.32. The maximum atomic E-state index is 12.4. The van der Waals surface area contributed by atoms with E-state index in [-0.39, 0.29) is 11.2 Å². The number of rotatable bonds is 7. The molecule has 0 bridgehead atoms. The van der Waals surface area contributed by atoms with Crippen LogP contribution in [0.4, 0.5) is 0 Å². The molecule has 0 N–H and O–H groups in total. The van der Waals surface area contributed by atoms with Crippen molar-refractivity contribution in [2.45, 2.75) is 55.5 Å². The first-order valence-electron chi connectivity index (χ1n) is 10.0. The number of hydrogen-bond donors (Lipinski definition) is 0. The third-order valence-corrected chi connectivity index (χ3v) is 6.36. The topological polar surface area (TPSA) is 69.5 Å². The predicted molar refractivity (Wildman–Crippen MR) is 115 cm³/mol. The van der Waals surface area contributed by atoms with Crippen LogP contribution < -0.4 is 9.47 Å². The summed E-state index contributed by atoms with van der Waals surface area (Å²) in [6.45, 7) is 1.92. The van der Waals surface area contributed by atoms with Crippen LogP contribution in [0, 0.1) is 0 Å². The third kappa shape index (κ3) is 4.69. The average Bonchev–Trinajstić information content (AvgIpc) is 3.16. The van der Waals surface area contributed by atoms with Gasteiger partial charge in [0.2, 0.25) is 5.91 Å². The lowest BCUT2D eigenvalue weighted by Gasteiger charge is -2.26. The van der Waals surface area contributed by atoms with Crippen molar-refractivity contribution < 1.29 is 14.3 Å². The Kier molecular flexibility index (Phi) is 7.05. The van der Waals surface area contributed by atoms with Gasteiger partial charge in [0.25, 0.3) is 0 Å². The molecule has 158 valence electrons. The molecular weight excluding hydrogens is 388 g/mol. The minimum Gasteiger partial charge on any atom is -0.493 e. The summed E-state index contributed by atoms with van der Waals surface area (Å²) < 4.78 is 13.1. The number of carbonyl (C=O) groups is 1. The second kappa shape index (κ2) is 9.52. The zero-order valence-electron chi connectivity index (χ0n) is 17.8. The van der Waals surface area contributed by atoms with Crippen LogP contribution in [0.2, 0.25) is 0 Å². The van der Waals surface area contributed by atoms with Gasteiger partial charge in [-0.25, -0.2) is 0 Å². The van der Waals surface area contributed by atoms with Gasteiger partial charge in [-0.2, -0.15) is 0 Å². The van der Waals surface area contributed by atoms with Gasteiger partial charge in [0.15, 0.2) is 22.5 Å². The fraction of sp³-hybridized carbons (Fsp3) is 0.571. The monoisotopic (exact) mass is 418 g/mol. The standard InChI is InChI=1S/C21H30N4O3S/c1-14(20(26)24(2)3)29-21-23-22-19(25(21)16-9-7-6-8-10-16)15-11-12-17(27-4)18(13-15)28-5/h11-14,16H,6-10H2,1-5H3/t14-/m0/s1. The van der Waals surface area contributed by atoms with Crippen LogP contribution in [0.15, 0.2) is 23.4 Å². The molecule has 3 rings (SSSR count). The van der Waals surface area contributed by atoms with Crippen molar-refractivity contribution >= 4 is 17.7 Å². The van der Waals surface area contributed by atoms with Crippen LogP contribution in [-0.4, -0.2) is 59.1 Å². The highest BCUT2D eigenvalue weighted by Crippen LogP contribution is 2.38. The van der Waals surface area contributed by atoms with E-state index in [0.29, 0.717) is 17.5 Å². The van der Waals surface area contributed by atoms with Crippen molar-refractivity contribution in [1.82, 2.24) is 19.7 Å². The van der Waals surface area contributed by atoms with Crippen molar-refractivity contribution in [1.29, 1.82) is 0 Å². The van der Waals surface area contributed by atoms with Gasteiger partial charge in [-0.3, -0.25) is 9.36 Å². The van der Waals surface area contributed by atoms with Crippen molar-refractivity contribution in [2.75, 3.05) is 28.3 Å². The van der Waals surface area contributed by atoms with Crippen molar-refractivity contribution in [3.05, 3.63) is 18.2 Å². The first-order chi connectivity index (χ1) is 14.0. The Labute approximate surface area is 176 Å². The fourth-order valence-corrected chi connectivity index (χ4v) is 4.83. The van der Waals surface area contributed by atoms with E-state index in [1.165, 1.54) is 31.0 Å². The fourth-order valence-electron chi connectivity index (χ4n) is 3.77. The summed E-state index contributed by atoms with van der Waals surface area (Å²) in [5.74, 6) is 2.22. The largest absolute Gasteiger partial charge is 0.493 e. The van der Waals surface area contributed by atoms with Crippen molar-refractivity contribution in [3.8, 4) is 22.9 Å². The summed E-state index contributed by atoms with van der Waals surface area (Å²) in [5, 5.41) is 9.57. The van der Waals surface area contributed by atoms with Gasteiger partial charge in [0.05, 0.1) is 19.5 Å². The SMILES string of the molecule is COc1ccc(-c2nnc(S[C@@H](C)C(=O)N(C)C)n2C2CCCCC2)cc1OC. The molecule has 1 atom stereocenters. The molecule has 0 aliphatic heterocycles. The van der Waals surface area contributed by atoms with E-state index in [1.54, 1.807) is 33.2 Å². The molecule has 1 aromatic carbocycles. The maximum absolute atomic E-state index is 12.4. The summed E-state index contributed by atoms with van der Waals surface area (Å²) in [4.78, 5) is 14.0. The quantitative estimate of drug-likeness (QED) is 0.632. The molecule has 1 aromatic heterocycles. The number of ether oxygens (including phenoxy) is 2. The number of amides is 1. The molecule has 1 saturated carbocycles. The molecule has 1 aliphatic rings. The van der Waals surface area contributed by atoms with E-state index >= 15 is 0 Å². The maximum Gasteiger partial charge on any atom is 0.235 e. The van der Waals surface area contributed by atoms with Crippen LogP contribution in [0.3, 0.4) is 0 Å². The van der Waals surface area contributed by atoms with E-state index < -0.39 is 0 Å². The van der Waals surface area contributed by atoms with Crippen LogP contribution in [0.25, 0.3) is 11.4 Å². The summed E-state index contributed by atoms with van der Waals surface area (Å²) in [7, 11) is 6.81. The van der Waals surface area contributed by atoms with E-state index in [1.807, 2.05) is 25.1 Å². The smallest absolute Gasteiger partial charge is 0.235 e. The van der Waals surface area contributed by atoms with Gasteiger partial charge in [-0.05, 0) is 38.0 Å². The second-order valence-electron chi connectivity index (χ2n) is 7.53. The molecular formula is C21H30N4O3S. The van der Waals surface area contributed by atoms with Crippen molar-refractivity contribution in [2.24, 2.45) is 0 Å². The Morgan fingerprint density at radius 1 is 1.14 bits per heavy atom. The number of nitrogens with zero attached hydrogens (tertiary/aromatic N) is 4. The molecule has 1 fully saturated rings. The molecule has 0 saturated heterocycles. The molecule has 8 heteroatoms. The van der Waals surface area contributed by atoms with Crippen molar-refractivity contribution in [3.63, 3.8) is 0 Å². The molecule has 2 aromatic rings. The first-order valence-corrected chi connectivity index (χ1v) is 10.9. The van der Waals surface area contributed by atoms with Gasteiger partial charge in [-0.15, -0.1) is 10.2 Å². The number of benzene rings is 1. The summed E-state index contributed by atoms with van der Waals surface area (Å²) in [6.07, 6.45) is 5.86. The Morgan fingerprint density at radius 2 is 1.83 bits per heavy atom. The van der Waals surface area contributed by atoms with Gasteiger partial charge >= 0.3 is 0 Å². The van der Waals surface area contributed by atoms with Crippen LogP contribution in [0.1, 0.15) is 45.1 Å². The predicted octanol–water partition coefficient (Wildman–Crippen LogP) is 4.04. The molecule has 0 unspecified atom stereocenters. The highest BCUT2D eigenvalue weighted by molar-refractivity contribution is 8.00. The number of thioether (sulfide) groups is 1.